The number of carbonyl (C=O) groups excluding carboxylic acids is 2. The van der Waals surface area contributed by atoms with Gasteiger partial charge >= 0.3 is 6.09 Å². The van der Waals surface area contributed by atoms with Gasteiger partial charge in [0.2, 0.25) is 0 Å². The highest BCUT2D eigenvalue weighted by molar-refractivity contribution is 5.71. The van der Waals surface area contributed by atoms with E-state index in [0.29, 0.717) is 24.5 Å². The minimum Gasteiger partial charge on any atom is -0.493 e. The lowest BCUT2D eigenvalue weighted by Gasteiger charge is -2.37. The number of carbonyl (C=O) groups is 2. The molecule has 1 atom stereocenters. The third-order valence-electron chi connectivity index (χ3n) is 3.95. The number of rotatable bonds is 4. The van der Waals surface area contributed by atoms with Crippen molar-refractivity contribution in [2.45, 2.75) is 45.3 Å². The summed E-state index contributed by atoms with van der Waals surface area (Å²) in [5.41, 5.74) is 1.37. The van der Waals surface area contributed by atoms with E-state index in [1.807, 2.05) is 32.9 Å². The number of methoxy groups -OCH3 is 2. The number of ether oxygens (including phenoxy) is 3. The van der Waals surface area contributed by atoms with Gasteiger partial charge in [-0.25, -0.2) is 4.79 Å². The Morgan fingerprint density at radius 2 is 1.88 bits per heavy atom. The van der Waals surface area contributed by atoms with E-state index in [2.05, 4.69) is 0 Å². The Kier molecular flexibility index (Phi) is 5.36. The molecule has 0 spiro atoms. The van der Waals surface area contributed by atoms with E-state index in [4.69, 9.17) is 14.2 Å². The van der Waals surface area contributed by atoms with E-state index in [0.717, 1.165) is 17.4 Å². The van der Waals surface area contributed by atoms with Crippen LogP contribution in [0.5, 0.6) is 11.5 Å². The fraction of sp³-hybridized carbons (Fsp3) is 0.556. The van der Waals surface area contributed by atoms with Gasteiger partial charge in [-0.15, -0.1) is 0 Å². The maximum absolute atomic E-state index is 12.5. The first-order chi connectivity index (χ1) is 11.3. The van der Waals surface area contributed by atoms with E-state index < -0.39 is 11.7 Å². The molecular formula is C18H25NO5. The van der Waals surface area contributed by atoms with Crippen molar-refractivity contribution >= 4 is 12.4 Å². The van der Waals surface area contributed by atoms with Crippen molar-refractivity contribution in [1.29, 1.82) is 0 Å². The van der Waals surface area contributed by atoms with E-state index >= 15 is 0 Å². The van der Waals surface area contributed by atoms with Crippen LogP contribution in [0.4, 0.5) is 4.79 Å². The minimum absolute atomic E-state index is 0.210. The lowest BCUT2D eigenvalue weighted by molar-refractivity contribution is -0.109. The molecule has 0 bridgehead atoms. The number of nitrogens with zero attached hydrogens (tertiary/aromatic N) is 1. The van der Waals surface area contributed by atoms with Crippen LogP contribution in [-0.2, 0) is 16.0 Å². The van der Waals surface area contributed by atoms with Gasteiger partial charge in [-0.2, -0.15) is 0 Å². The van der Waals surface area contributed by atoms with Crippen LogP contribution in [0.2, 0.25) is 0 Å². The fourth-order valence-electron chi connectivity index (χ4n) is 2.91. The first-order valence-electron chi connectivity index (χ1n) is 7.98. The molecule has 0 fully saturated rings. The molecule has 132 valence electrons. The van der Waals surface area contributed by atoms with Gasteiger partial charge in [0.15, 0.2) is 11.5 Å². The monoisotopic (exact) mass is 335 g/mol. The molecule has 0 aromatic heterocycles. The highest BCUT2D eigenvalue weighted by Crippen LogP contribution is 2.39. The SMILES string of the molecule is COc1cc2c(cc1OC)[C@@H](CC=O)N(C(=O)OC(C)(C)C)CC2. The highest BCUT2D eigenvalue weighted by Gasteiger charge is 2.34. The van der Waals surface area contributed by atoms with Crippen LogP contribution < -0.4 is 9.47 Å². The summed E-state index contributed by atoms with van der Waals surface area (Å²) in [5, 5.41) is 0. The normalized spacial score (nSPS) is 17.0. The summed E-state index contributed by atoms with van der Waals surface area (Å²) in [5.74, 6) is 1.23. The summed E-state index contributed by atoms with van der Waals surface area (Å²) in [4.78, 5) is 25.3. The average molecular weight is 335 g/mol. The Morgan fingerprint density at radius 3 is 2.42 bits per heavy atom. The first-order valence-corrected chi connectivity index (χ1v) is 7.98. The number of hydrogen-bond donors (Lipinski definition) is 0. The van der Waals surface area contributed by atoms with Crippen molar-refractivity contribution in [3.05, 3.63) is 23.3 Å². The average Bonchev–Trinajstić information content (AvgIpc) is 2.52. The topological polar surface area (TPSA) is 65.1 Å². The van der Waals surface area contributed by atoms with Crippen molar-refractivity contribution in [3.63, 3.8) is 0 Å². The smallest absolute Gasteiger partial charge is 0.410 e. The predicted octanol–water partition coefficient (Wildman–Crippen LogP) is 3.13. The molecule has 1 amide bonds. The fourth-order valence-corrected chi connectivity index (χ4v) is 2.91. The van der Waals surface area contributed by atoms with Gasteiger partial charge in [0.05, 0.1) is 20.3 Å². The van der Waals surface area contributed by atoms with Crippen LogP contribution in [0.15, 0.2) is 12.1 Å². The summed E-state index contributed by atoms with van der Waals surface area (Å²) >= 11 is 0. The number of fused-ring (bicyclic) bond motifs is 1. The maximum atomic E-state index is 12.5. The van der Waals surface area contributed by atoms with Gasteiger partial charge in [-0.05, 0) is 50.5 Å². The van der Waals surface area contributed by atoms with Crippen molar-refractivity contribution in [2.75, 3.05) is 20.8 Å². The standard InChI is InChI=1S/C18H25NO5/c1-18(2,3)24-17(21)19-8-6-12-10-15(22-4)16(23-5)11-13(12)14(19)7-9-20/h9-11,14H,6-8H2,1-5H3/t14-/m1/s1. The molecule has 0 saturated carbocycles. The summed E-state index contributed by atoms with van der Waals surface area (Å²) < 4.78 is 16.2. The molecule has 1 aliphatic heterocycles. The molecule has 2 rings (SSSR count). The van der Waals surface area contributed by atoms with E-state index in [1.165, 1.54) is 0 Å². The molecule has 0 radical (unpaired) electrons. The molecule has 6 nitrogen and oxygen atoms in total. The lowest BCUT2D eigenvalue weighted by atomic mass is 9.90. The number of benzene rings is 1. The molecule has 1 heterocycles. The van der Waals surface area contributed by atoms with Gasteiger partial charge in [-0.3, -0.25) is 0 Å². The predicted molar refractivity (Wildman–Crippen MR) is 89.6 cm³/mol. The molecule has 1 aliphatic rings. The molecule has 1 aromatic rings. The van der Waals surface area contributed by atoms with Crippen LogP contribution >= 0.6 is 0 Å². The van der Waals surface area contributed by atoms with Crippen molar-refractivity contribution in [3.8, 4) is 11.5 Å². The van der Waals surface area contributed by atoms with Crippen LogP contribution in [0.25, 0.3) is 0 Å². The molecule has 6 heteroatoms. The van der Waals surface area contributed by atoms with Gasteiger partial charge in [-0.1, -0.05) is 0 Å². The van der Waals surface area contributed by atoms with Crippen molar-refractivity contribution in [2.24, 2.45) is 0 Å². The first kappa shape index (κ1) is 18.1. The van der Waals surface area contributed by atoms with Gasteiger partial charge < -0.3 is 23.9 Å². The zero-order valence-corrected chi connectivity index (χ0v) is 14.9. The molecule has 0 N–H and O–H groups in total. The summed E-state index contributed by atoms with van der Waals surface area (Å²) in [6, 6.07) is 3.40. The Labute approximate surface area is 142 Å². The van der Waals surface area contributed by atoms with Gasteiger partial charge in [0.1, 0.15) is 11.9 Å². The number of amides is 1. The quantitative estimate of drug-likeness (QED) is 0.791. The second kappa shape index (κ2) is 7.11. The molecule has 24 heavy (non-hydrogen) atoms. The van der Waals surface area contributed by atoms with Crippen LogP contribution in [0.3, 0.4) is 0 Å². The molecule has 0 saturated heterocycles. The van der Waals surface area contributed by atoms with Gasteiger partial charge in [0, 0.05) is 13.0 Å². The Balaban J connectivity index is 2.40. The summed E-state index contributed by atoms with van der Waals surface area (Å²) in [6.07, 6.45) is 1.30. The molecule has 1 aromatic carbocycles. The third kappa shape index (κ3) is 3.80. The summed E-state index contributed by atoms with van der Waals surface area (Å²) in [6.45, 7) is 5.97. The molecular weight excluding hydrogens is 310 g/mol. The second-order valence-electron chi connectivity index (χ2n) is 6.75. The second-order valence-corrected chi connectivity index (χ2v) is 6.75. The zero-order valence-electron chi connectivity index (χ0n) is 14.9. The Morgan fingerprint density at radius 1 is 1.25 bits per heavy atom. The minimum atomic E-state index is -0.583. The Bertz CT molecular complexity index is 621. The number of aldehydes is 1. The van der Waals surface area contributed by atoms with Crippen molar-refractivity contribution < 1.29 is 23.8 Å². The van der Waals surface area contributed by atoms with E-state index in [-0.39, 0.29) is 12.5 Å². The lowest BCUT2D eigenvalue weighted by Crippen LogP contribution is -2.43. The molecule has 0 unspecified atom stereocenters. The Hall–Kier alpha value is -2.24. The van der Waals surface area contributed by atoms with Crippen LogP contribution in [0.1, 0.15) is 44.4 Å². The van der Waals surface area contributed by atoms with E-state index in [9.17, 15) is 9.59 Å². The van der Waals surface area contributed by atoms with Crippen LogP contribution in [-0.4, -0.2) is 43.6 Å². The van der Waals surface area contributed by atoms with Gasteiger partial charge in [0.25, 0.3) is 0 Å². The molecule has 0 aliphatic carbocycles. The third-order valence-corrected chi connectivity index (χ3v) is 3.95. The number of hydrogen-bond acceptors (Lipinski definition) is 5. The summed E-state index contributed by atoms with van der Waals surface area (Å²) in [7, 11) is 3.15. The van der Waals surface area contributed by atoms with Crippen LogP contribution in [0, 0.1) is 0 Å². The van der Waals surface area contributed by atoms with E-state index in [1.54, 1.807) is 19.1 Å². The maximum Gasteiger partial charge on any atom is 0.410 e. The zero-order chi connectivity index (χ0) is 17.9. The largest absolute Gasteiger partial charge is 0.493 e. The highest BCUT2D eigenvalue weighted by atomic mass is 16.6. The van der Waals surface area contributed by atoms with Crippen molar-refractivity contribution in [1.82, 2.24) is 4.90 Å².